The molecule has 4 heteroatoms. The monoisotopic (exact) mass is 276 g/mol. The molecule has 20 heavy (non-hydrogen) atoms. The molecule has 0 unspecified atom stereocenters. The summed E-state index contributed by atoms with van der Waals surface area (Å²) in [5.74, 6) is -0.694. The van der Waals surface area contributed by atoms with E-state index in [0.29, 0.717) is 13.2 Å². The zero-order valence-corrected chi connectivity index (χ0v) is 12.1. The SMILES string of the molecule is CC1(N)COC(c2ccccc2)([C@@H]2CCCCN2)OC1. The summed E-state index contributed by atoms with van der Waals surface area (Å²) in [6.07, 6.45) is 3.49. The van der Waals surface area contributed by atoms with Gasteiger partial charge in [0.25, 0.3) is 0 Å². The van der Waals surface area contributed by atoms with E-state index in [0.717, 1.165) is 18.5 Å². The second kappa shape index (κ2) is 5.45. The average Bonchev–Trinajstić information content (AvgIpc) is 2.50. The van der Waals surface area contributed by atoms with Crippen LogP contribution in [0.5, 0.6) is 0 Å². The maximum atomic E-state index is 6.20. The van der Waals surface area contributed by atoms with Crippen LogP contribution in [0, 0.1) is 0 Å². The van der Waals surface area contributed by atoms with Gasteiger partial charge < -0.3 is 20.5 Å². The molecule has 2 aliphatic rings. The van der Waals surface area contributed by atoms with Gasteiger partial charge in [-0.1, -0.05) is 36.8 Å². The zero-order valence-electron chi connectivity index (χ0n) is 12.1. The summed E-state index contributed by atoms with van der Waals surface area (Å²) in [6, 6.07) is 10.4. The second-order valence-corrected chi connectivity index (χ2v) is 6.27. The van der Waals surface area contributed by atoms with Gasteiger partial charge in [0.2, 0.25) is 5.79 Å². The Balaban J connectivity index is 1.91. The summed E-state index contributed by atoms with van der Waals surface area (Å²) < 4.78 is 12.4. The highest BCUT2D eigenvalue weighted by molar-refractivity contribution is 5.23. The van der Waals surface area contributed by atoms with Gasteiger partial charge in [-0.05, 0) is 26.3 Å². The fraction of sp³-hybridized carbons (Fsp3) is 0.625. The molecule has 1 atom stereocenters. The Bertz CT molecular complexity index is 431. The first-order chi connectivity index (χ1) is 9.62. The van der Waals surface area contributed by atoms with Gasteiger partial charge in [0.1, 0.15) is 0 Å². The summed E-state index contributed by atoms with van der Waals surface area (Å²) >= 11 is 0. The highest BCUT2D eigenvalue weighted by Crippen LogP contribution is 2.38. The Morgan fingerprint density at radius 2 is 1.85 bits per heavy atom. The van der Waals surface area contributed by atoms with Crippen LogP contribution in [0.2, 0.25) is 0 Å². The number of nitrogens with two attached hydrogens (primary N) is 1. The number of rotatable bonds is 2. The van der Waals surface area contributed by atoms with E-state index in [1.54, 1.807) is 0 Å². The molecule has 1 aromatic carbocycles. The van der Waals surface area contributed by atoms with Crippen molar-refractivity contribution in [3.63, 3.8) is 0 Å². The standard InChI is InChI=1S/C16H24N2O2/c1-15(17)11-19-16(20-12-15,13-7-3-2-4-8-13)14-9-5-6-10-18-14/h2-4,7-8,14,18H,5-6,9-12,17H2,1H3/t14-,15?,16?/m0/s1. The molecule has 0 spiro atoms. The topological polar surface area (TPSA) is 56.5 Å². The van der Waals surface area contributed by atoms with Gasteiger partial charge in [0.05, 0.1) is 24.8 Å². The van der Waals surface area contributed by atoms with Crippen molar-refractivity contribution in [3.8, 4) is 0 Å². The number of nitrogens with one attached hydrogen (secondary N) is 1. The van der Waals surface area contributed by atoms with Crippen molar-refractivity contribution in [3.05, 3.63) is 35.9 Å². The van der Waals surface area contributed by atoms with Crippen molar-refractivity contribution in [1.29, 1.82) is 0 Å². The molecular formula is C16H24N2O2. The predicted octanol–water partition coefficient (Wildman–Crippen LogP) is 1.75. The van der Waals surface area contributed by atoms with Crippen molar-refractivity contribution < 1.29 is 9.47 Å². The van der Waals surface area contributed by atoms with Gasteiger partial charge >= 0.3 is 0 Å². The molecule has 0 aliphatic carbocycles. The lowest BCUT2D eigenvalue weighted by Gasteiger charge is -2.48. The van der Waals surface area contributed by atoms with Gasteiger partial charge in [0, 0.05) is 5.56 Å². The van der Waals surface area contributed by atoms with Gasteiger partial charge in [-0.15, -0.1) is 0 Å². The van der Waals surface area contributed by atoms with Crippen LogP contribution in [-0.2, 0) is 15.3 Å². The average molecular weight is 276 g/mol. The highest BCUT2D eigenvalue weighted by atomic mass is 16.7. The maximum absolute atomic E-state index is 6.20. The van der Waals surface area contributed by atoms with Gasteiger partial charge in [-0.3, -0.25) is 0 Å². The smallest absolute Gasteiger partial charge is 0.210 e. The number of hydrogen-bond acceptors (Lipinski definition) is 4. The van der Waals surface area contributed by atoms with Crippen LogP contribution in [0.1, 0.15) is 31.7 Å². The lowest BCUT2D eigenvalue weighted by atomic mass is 9.89. The minimum absolute atomic E-state index is 0.190. The minimum atomic E-state index is -0.694. The molecule has 110 valence electrons. The molecule has 1 aromatic rings. The molecule has 0 radical (unpaired) electrons. The van der Waals surface area contributed by atoms with E-state index in [2.05, 4.69) is 17.4 Å². The summed E-state index contributed by atoms with van der Waals surface area (Å²) in [4.78, 5) is 0. The first kappa shape index (κ1) is 14.0. The van der Waals surface area contributed by atoms with Crippen molar-refractivity contribution in [2.45, 2.75) is 43.6 Å². The first-order valence-corrected chi connectivity index (χ1v) is 7.48. The molecule has 2 saturated heterocycles. The van der Waals surface area contributed by atoms with Crippen LogP contribution in [0.4, 0.5) is 0 Å². The lowest BCUT2D eigenvalue weighted by molar-refractivity contribution is -0.310. The van der Waals surface area contributed by atoms with E-state index in [4.69, 9.17) is 15.2 Å². The fourth-order valence-corrected chi connectivity index (χ4v) is 3.04. The Labute approximate surface area is 120 Å². The molecule has 4 nitrogen and oxygen atoms in total. The Morgan fingerprint density at radius 1 is 1.15 bits per heavy atom. The molecular weight excluding hydrogens is 252 g/mol. The molecule has 2 aliphatic heterocycles. The maximum Gasteiger partial charge on any atom is 0.210 e. The summed E-state index contributed by atoms with van der Waals surface area (Å²) in [5, 5.41) is 3.56. The molecule has 0 saturated carbocycles. The molecule has 2 heterocycles. The Kier molecular flexibility index (Phi) is 3.82. The van der Waals surface area contributed by atoms with Crippen LogP contribution in [0.15, 0.2) is 30.3 Å². The number of ether oxygens (including phenoxy) is 2. The van der Waals surface area contributed by atoms with Crippen molar-refractivity contribution in [2.24, 2.45) is 5.73 Å². The molecule has 0 amide bonds. The lowest BCUT2D eigenvalue weighted by Crippen LogP contribution is -2.62. The predicted molar refractivity (Wildman–Crippen MR) is 78.3 cm³/mol. The summed E-state index contributed by atoms with van der Waals surface area (Å²) in [5.41, 5.74) is 6.80. The van der Waals surface area contributed by atoms with Gasteiger partial charge in [-0.2, -0.15) is 0 Å². The van der Waals surface area contributed by atoms with E-state index >= 15 is 0 Å². The quantitative estimate of drug-likeness (QED) is 0.864. The van der Waals surface area contributed by atoms with Crippen LogP contribution >= 0.6 is 0 Å². The highest BCUT2D eigenvalue weighted by Gasteiger charge is 2.48. The van der Waals surface area contributed by atoms with E-state index < -0.39 is 11.3 Å². The van der Waals surface area contributed by atoms with E-state index in [1.807, 2.05) is 25.1 Å². The Morgan fingerprint density at radius 3 is 2.45 bits per heavy atom. The van der Waals surface area contributed by atoms with Gasteiger partial charge in [0.15, 0.2) is 0 Å². The molecule has 3 N–H and O–H groups in total. The summed E-state index contributed by atoms with van der Waals surface area (Å²) in [7, 11) is 0. The van der Waals surface area contributed by atoms with Crippen molar-refractivity contribution in [2.75, 3.05) is 19.8 Å². The fourth-order valence-electron chi connectivity index (χ4n) is 3.04. The second-order valence-electron chi connectivity index (χ2n) is 6.27. The van der Waals surface area contributed by atoms with Crippen molar-refractivity contribution in [1.82, 2.24) is 5.32 Å². The third-order valence-electron chi connectivity index (χ3n) is 4.18. The van der Waals surface area contributed by atoms with Crippen LogP contribution in [0.25, 0.3) is 0 Å². The van der Waals surface area contributed by atoms with Crippen LogP contribution in [0.3, 0.4) is 0 Å². The third-order valence-corrected chi connectivity index (χ3v) is 4.18. The van der Waals surface area contributed by atoms with Crippen LogP contribution in [-0.4, -0.2) is 31.3 Å². The molecule has 3 rings (SSSR count). The third kappa shape index (κ3) is 2.61. The summed E-state index contributed by atoms with van der Waals surface area (Å²) in [6.45, 7) is 4.02. The number of piperidine rings is 1. The number of benzene rings is 1. The first-order valence-electron chi connectivity index (χ1n) is 7.48. The van der Waals surface area contributed by atoms with E-state index in [-0.39, 0.29) is 6.04 Å². The van der Waals surface area contributed by atoms with E-state index in [9.17, 15) is 0 Å². The van der Waals surface area contributed by atoms with Crippen LogP contribution < -0.4 is 11.1 Å². The minimum Gasteiger partial charge on any atom is -0.343 e. The zero-order chi connectivity index (χ0) is 14.1. The Hall–Kier alpha value is -0.940. The van der Waals surface area contributed by atoms with E-state index in [1.165, 1.54) is 12.8 Å². The molecule has 2 fully saturated rings. The largest absolute Gasteiger partial charge is 0.343 e. The number of hydrogen-bond donors (Lipinski definition) is 2. The molecule has 0 aromatic heterocycles. The normalized spacial score (nSPS) is 38.6. The van der Waals surface area contributed by atoms with Crippen molar-refractivity contribution >= 4 is 0 Å². The molecule has 0 bridgehead atoms. The van der Waals surface area contributed by atoms with Gasteiger partial charge in [-0.25, -0.2) is 0 Å².